The number of rotatable bonds is 2. The third-order valence-corrected chi connectivity index (χ3v) is 3.55. The van der Waals surface area contributed by atoms with Crippen molar-refractivity contribution in [1.82, 2.24) is 15.4 Å². The van der Waals surface area contributed by atoms with Crippen molar-refractivity contribution in [3.63, 3.8) is 0 Å². The molecule has 0 aromatic carbocycles. The summed E-state index contributed by atoms with van der Waals surface area (Å²) in [6.07, 6.45) is 4.28. The predicted octanol–water partition coefficient (Wildman–Crippen LogP) is 2.15. The van der Waals surface area contributed by atoms with Gasteiger partial charge in [0.05, 0.1) is 5.69 Å². The van der Waals surface area contributed by atoms with E-state index in [0.717, 1.165) is 30.5 Å². The number of anilines is 1. The van der Waals surface area contributed by atoms with Crippen molar-refractivity contribution in [2.75, 3.05) is 5.32 Å². The maximum atomic E-state index is 12.2. The van der Waals surface area contributed by atoms with Crippen molar-refractivity contribution in [2.45, 2.75) is 39.5 Å². The average Bonchev–Trinajstić information content (AvgIpc) is 2.94. The van der Waals surface area contributed by atoms with Gasteiger partial charge in [-0.3, -0.25) is 9.89 Å². The zero-order valence-electron chi connectivity index (χ0n) is 11.0. The first-order valence-corrected chi connectivity index (χ1v) is 6.47. The minimum absolute atomic E-state index is 0.212. The number of nitrogens with one attached hydrogen (secondary N) is 2. The van der Waals surface area contributed by atoms with Crippen molar-refractivity contribution in [2.24, 2.45) is 0 Å². The van der Waals surface area contributed by atoms with E-state index < -0.39 is 0 Å². The van der Waals surface area contributed by atoms with Gasteiger partial charge in [0, 0.05) is 11.3 Å². The zero-order chi connectivity index (χ0) is 13.4. The summed E-state index contributed by atoms with van der Waals surface area (Å²) in [5.41, 5.74) is 3.36. The normalized spacial score (nSPS) is 14.2. The number of aromatic nitrogens is 3. The van der Waals surface area contributed by atoms with Crippen LogP contribution in [-0.4, -0.2) is 21.3 Å². The molecule has 0 saturated carbocycles. The molecule has 100 valence electrons. The lowest BCUT2D eigenvalue weighted by Crippen LogP contribution is -2.15. The SMILES string of the molecule is Cc1noc(C)c1C(=O)Nc1n[nH]c2c1CCCC2. The van der Waals surface area contributed by atoms with Crippen LogP contribution < -0.4 is 5.32 Å². The van der Waals surface area contributed by atoms with E-state index in [4.69, 9.17) is 4.52 Å². The number of hydrogen-bond acceptors (Lipinski definition) is 4. The second-order valence-electron chi connectivity index (χ2n) is 4.89. The van der Waals surface area contributed by atoms with Crippen LogP contribution in [-0.2, 0) is 12.8 Å². The van der Waals surface area contributed by atoms with Crippen LogP contribution in [0.2, 0.25) is 0 Å². The molecule has 1 amide bonds. The molecule has 0 spiro atoms. The Hall–Kier alpha value is -2.11. The number of aromatic amines is 1. The summed E-state index contributed by atoms with van der Waals surface area (Å²) < 4.78 is 5.01. The first-order chi connectivity index (χ1) is 9.16. The summed E-state index contributed by atoms with van der Waals surface area (Å²) >= 11 is 0. The molecule has 0 bridgehead atoms. The molecule has 1 aliphatic carbocycles. The van der Waals surface area contributed by atoms with Crippen molar-refractivity contribution >= 4 is 11.7 Å². The van der Waals surface area contributed by atoms with Gasteiger partial charge in [-0.15, -0.1) is 0 Å². The molecule has 0 saturated heterocycles. The Morgan fingerprint density at radius 1 is 1.32 bits per heavy atom. The highest BCUT2D eigenvalue weighted by Crippen LogP contribution is 2.26. The largest absolute Gasteiger partial charge is 0.361 e. The van der Waals surface area contributed by atoms with Crippen molar-refractivity contribution < 1.29 is 9.32 Å². The molecule has 6 nitrogen and oxygen atoms in total. The summed E-state index contributed by atoms with van der Waals surface area (Å²) in [6, 6.07) is 0. The minimum Gasteiger partial charge on any atom is -0.361 e. The molecule has 6 heteroatoms. The van der Waals surface area contributed by atoms with Crippen LogP contribution in [0, 0.1) is 13.8 Å². The standard InChI is InChI=1S/C13H16N4O2/c1-7-11(8(2)19-17-7)13(18)14-12-9-5-3-4-6-10(9)15-16-12/h3-6H2,1-2H3,(H2,14,15,16,18). The van der Waals surface area contributed by atoms with E-state index in [1.807, 2.05) is 0 Å². The van der Waals surface area contributed by atoms with Crippen LogP contribution >= 0.6 is 0 Å². The van der Waals surface area contributed by atoms with Crippen LogP contribution in [0.25, 0.3) is 0 Å². The molecule has 1 aliphatic rings. The zero-order valence-corrected chi connectivity index (χ0v) is 11.0. The van der Waals surface area contributed by atoms with Gasteiger partial charge < -0.3 is 9.84 Å². The van der Waals surface area contributed by atoms with E-state index in [2.05, 4.69) is 20.7 Å². The first kappa shape index (κ1) is 12.0. The molecule has 2 N–H and O–H groups in total. The Bertz CT molecular complexity index is 607. The third-order valence-electron chi connectivity index (χ3n) is 3.55. The number of H-pyrrole nitrogens is 1. The third kappa shape index (κ3) is 2.03. The maximum Gasteiger partial charge on any atom is 0.262 e. The fraction of sp³-hybridized carbons (Fsp3) is 0.462. The lowest BCUT2D eigenvalue weighted by Gasteiger charge is -2.11. The highest BCUT2D eigenvalue weighted by Gasteiger charge is 2.22. The lowest BCUT2D eigenvalue weighted by atomic mass is 9.97. The Morgan fingerprint density at radius 2 is 2.11 bits per heavy atom. The number of hydrogen-bond donors (Lipinski definition) is 2. The predicted molar refractivity (Wildman–Crippen MR) is 69.2 cm³/mol. The number of carbonyl (C=O) groups is 1. The first-order valence-electron chi connectivity index (χ1n) is 6.47. The number of nitrogens with zero attached hydrogens (tertiary/aromatic N) is 2. The highest BCUT2D eigenvalue weighted by molar-refractivity contribution is 6.05. The van der Waals surface area contributed by atoms with Crippen LogP contribution in [0.1, 0.15) is 45.9 Å². The molecule has 2 heterocycles. The molecule has 0 fully saturated rings. The molecular weight excluding hydrogens is 244 g/mol. The summed E-state index contributed by atoms with van der Waals surface area (Å²) in [5, 5.41) is 13.8. The van der Waals surface area contributed by atoms with Gasteiger partial charge in [-0.1, -0.05) is 5.16 Å². The minimum atomic E-state index is -0.212. The van der Waals surface area contributed by atoms with Crippen LogP contribution in [0.5, 0.6) is 0 Å². The van der Waals surface area contributed by atoms with Gasteiger partial charge in [0.15, 0.2) is 5.82 Å². The van der Waals surface area contributed by atoms with Crippen molar-refractivity contribution in [3.8, 4) is 0 Å². The van der Waals surface area contributed by atoms with E-state index in [0.29, 0.717) is 22.8 Å². The molecule has 19 heavy (non-hydrogen) atoms. The Kier molecular flexibility index (Phi) is 2.85. The highest BCUT2D eigenvalue weighted by atomic mass is 16.5. The van der Waals surface area contributed by atoms with Crippen molar-refractivity contribution in [3.05, 3.63) is 28.3 Å². The van der Waals surface area contributed by atoms with Crippen molar-refractivity contribution in [1.29, 1.82) is 0 Å². The van der Waals surface area contributed by atoms with Gasteiger partial charge in [0.2, 0.25) is 0 Å². The second kappa shape index (κ2) is 4.53. The second-order valence-corrected chi connectivity index (χ2v) is 4.89. The summed E-state index contributed by atoms with van der Waals surface area (Å²) in [4.78, 5) is 12.2. The number of fused-ring (bicyclic) bond motifs is 1. The van der Waals surface area contributed by atoms with E-state index in [1.54, 1.807) is 13.8 Å². The quantitative estimate of drug-likeness (QED) is 0.866. The fourth-order valence-electron chi connectivity index (χ4n) is 2.56. The molecule has 0 aliphatic heterocycles. The summed E-state index contributed by atoms with van der Waals surface area (Å²) in [6.45, 7) is 3.49. The monoisotopic (exact) mass is 260 g/mol. The van der Waals surface area contributed by atoms with Gasteiger partial charge in [-0.05, 0) is 39.5 Å². The number of aryl methyl sites for hydroxylation is 3. The van der Waals surface area contributed by atoms with Gasteiger partial charge in [-0.2, -0.15) is 5.10 Å². The van der Waals surface area contributed by atoms with Crippen LogP contribution in [0.4, 0.5) is 5.82 Å². The molecule has 2 aromatic heterocycles. The van der Waals surface area contributed by atoms with E-state index in [9.17, 15) is 4.79 Å². The van der Waals surface area contributed by atoms with Gasteiger partial charge in [0.25, 0.3) is 5.91 Å². The molecule has 3 rings (SSSR count). The molecular formula is C13H16N4O2. The molecule has 2 aromatic rings. The average molecular weight is 260 g/mol. The number of amides is 1. The van der Waals surface area contributed by atoms with E-state index in [-0.39, 0.29) is 5.91 Å². The smallest absolute Gasteiger partial charge is 0.262 e. The van der Waals surface area contributed by atoms with Crippen LogP contribution in [0.15, 0.2) is 4.52 Å². The molecule has 0 radical (unpaired) electrons. The Morgan fingerprint density at radius 3 is 2.84 bits per heavy atom. The molecule has 0 unspecified atom stereocenters. The van der Waals surface area contributed by atoms with Gasteiger partial charge in [-0.25, -0.2) is 0 Å². The summed E-state index contributed by atoms with van der Waals surface area (Å²) in [7, 11) is 0. The van der Waals surface area contributed by atoms with E-state index >= 15 is 0 Å². The maximum absolute atomic E-state index is 12.2. The number of carbonyl (C=O) groups excluding carboxylic acids is 1. The lowest BCUT2D eigenvalue weighted by molar-refractivity contribution is 0.102. The fourth-order valence-corrected chi connectivity index (χ4v) is 2.56. The topological polar surface area (TPSA) is 83.8 Å². The summed E-state index contributed by atoms with van der Waals surface area (Å²) in [5.74, 6) is 0.954. The van der Waals surface area contributed by atoms with Gasteiger partial charge in [0.1, 0.15) is 11.3 Å². The Balaban J connectivity index is 1.86. The Labute approximate surface area is 110 Å². The van der Waals surface area contributed by atoms with Crippen LogP contribution in [0.3, 0.4) is 0 Å². The van der Waals surface area contributed by atoms with E-state index in [1.165, 1.54) is 6.42 Å². The van der Waals surface area contributed by atoms with Gasteiger partial charge >= 0.3 is 0 Å². The molecule has 0 atom stereocenters.